The van der Waals surface area contributed by atoms with Gasteiger partial charge in [0.25, 0.3) is 0 Å². The molecule has 104 valence electrons. The van der Waals surface area contributed by atoms with E-state index in [0.29, 0.717) is 0 Å². The molecule has 0 fully saturated rings. The summed E-state index contributed by atoms with van der Waals surface area (Å²) in [5, 5.41) is 9.36. The summed E-state index contributed by atoms with van der Waals surface area (Å²) in [6, 6.07) is 9.06. The molecule has 0 aromatic heterocycles. The number of hydrogen-bond donors (Lipinski definition) is 1. The maximum absolute atomic E-state index is 12.1. The highest BCUT2D eigenvalue weighted by molar-refractivity contribution is 5.99. The molecule has 0 spiro atoms. The fourth-order valence-corrected chi connectivity index (χ4v) is 1.63. The van der Waals surface area contributed by atoms with E-state index in [1.165, 1.54) is 6.92 Å². The van der Waals surface area contributed by atoms with Gasteiger partial charge in [-0.05, 0) is 39.7 Å². The summed E-state index contributed by atoms with van der Waals surface area (Å²) < 4.78 is 5.22. The third-order valence-electron chi connectivity index (χ3n) is 2.72. The van der Waals surface area contributed by atoms with Crippen LogP contribution in [-0.2, 0) is 20.7 Å². The van der Waals surface area contributed by atoms with E-state index < -0.39 is 23.0 Å². The maximum atomic E-state index is 12.1. The van der Waals surface area contributed by atoms with E-state index >= 15 is 0 Å². The first kappa shape index (κ1) is 15.2. The van der Waals surface area contributed by atoms with E-state index in [9.17, 15) is 14.7 Å². The van der Waals surface area contributed by atoms with E-state index in [0.717, 1.165) is 5.56 Å². The van der Waals surface area contributed by atoms with Crippen molar-refractivity contribution in [1.82, 2.24) is 0 Å². The van der Waals surface area contributed by atoms with Crippen molar-refractivity contribution in [3.05, 3.63) is 35.9 Å². The fourth-order valence-electron chi connectivity index (χ4n) is 1.63. The second kappa shape index (κ2) is 5.43. The third kappa shape index (κ3) is 4.09. The van der Waals surface area contributed by atoms with Gasteiger partial charge in [-0.2, -0.15) is 0 Å². The summed E-state index contributed by atoms with van der Waals surface area (Å²) in [5.74, 6) is -1.89. The Kier molecular flexibility index (Phi) is 4.35. The molecule has 0 aliphatic heterocycles. The molecule has 4 nitrogen and oxygen atoms in total. The Hall–Kier alpha value is -1.84. The lowest BCUT2D eigenvalue weighted by Crippen LogP contribution is -2.43. The van der Waals surface area contributed by atoms with Gasteiger partial charge in [-0.25, -0.2) is 0 Å². The number of ether oxygens (including phenoxy) is 1. The summed E-state index contributed by atoms with van der Waals surface area (Å²) >= 11 is 0. The zero-order chi connectivity index (χ0) is 14.7. The Labute approximate surface area is 113 Å². The number of carbonyl (C=O) groups is 2. The summed E-state index contributed by atoms with van der Waals surface area (Å²) in [5.41, 5.74) is -1.49. The molecular weight excluding hydrogens is 244 g/mol. The predicted molar refractivity (Wildman–Crippen MR) is 71.7 cm³/mol. The van der Waals surface area contributed by atoms with Crippen molar-refractivity contribution in [3.63, 3.8) is 0 Å². The molecule has 0 bridgehead atoms. The quantitative estimate of drug-likeness (QED) is 0.670. The van der Waals surface area contributed by atoms with Gasteiger partial charge >= 0.3 is 11.9 Å². The summed E-state index contributed by atoms with van der Waals surface area (Å²) in [6.45, 7) is 6.55. The molecule has 19 heavy (non-hydrogen) atoms. The Morgan fingerprint density at radius 2 is 1.63 bits per heavy atom. The molecule has 1 aromatic rings. The van der Waals surface area contributed by atoms with Gasteiger partial charge in [-0.3, -0.25) is 9.59 Å². The van der Waals surface area contributed by atoms with Gasteiger partial charge in [-0.15, -0.1) is 0 Å². The van der Waals surface area contributed by atoms with Crippen molar-refractivity contribution in [2.75, 3.05) is 0 Å². The maximum Gasteiger partial charge on any atom is 0.324 e. The van der Waals surface area contributed by atoms with Gasteiger partial charge < -0.3 is 9.84 Å². The molecule has 0 aliphatic rings. The standard InChI is InChI=1S/C15H20O4/c1-14(2,3)19-13(18)15(4,12(16)17)10-11-8-6-5-7-9-11/h5-9H,10H2,1-4H3,(H,16,17). The minimum absolute atomic E-state index is 0.109. The van der Waals surface area contributed by atoms with E-state index in [1.807, 2.05) is 18.2 Å². The molecule has 1 unspecified atom stereocenters. The molecule has 1 aromatic carbocycles. The molecule has 0 saturated heterocycles. The zero-order valence-corrected chi connectivity index (χ0v) is 11.8. The van der Waals surface area contributed by atoms with Gasteiger partial charge in [0.2, 0.25) is 0 Å². The normalized spacial score (nSPS) is 14.5. The van der Waals surface area contributed by atoms with Crippen molar-refractivity contribution in [2.45, 2.75) is 39.7 Å². The molecule has 0 heterocycles. The smallest absolute Gasteiger partial charge is 0.324 e. The van der Waals surface area contributed by atoms with Gasteiger partial charge in [-0.1, -0.05) is 30.3 Å². The van der Waals surface area contributed by atoms with Crippen LogP contribution in [-0.4, -0.2) is 22.6 Å². The van der Waals surface area contributed by atoms with Crippen molar-refractivity contribution >= 4 is 11.9 Å². The van der Waals surface area contributed by atoms with Crippen LogP contribution in [0, 0.1) is 5.41 Å². The lowest BCUT2D eigenvalue weighted by molar-refractivity contribution is -0.175. The first-order valence-corrected chi connectivity index (χ1v) is 6.16. The van der Waals surface area contributed by atoms with Crippen LogP contribution in [0.25, 0.3) is 0 Å². The first-order chi connectivity index (χ1) is 8.65. The highest BCUT2D eigenvalue weighted by Gasteiger charge is 2.44. The number of carboxylic acids is 1. The molecule has 1 rings (SSSR count). The molecule has 0 amide bonds. The minimum Gasteiger partial charge on any atom is -0.480 e. The second-order valence-corrected chi connectivity index (χ2v) is 5.80. The van der Waals surface area contributed by atoms with Crippen molar-refractivity contribution in [3.8, 4) is 0 Å². The topological polar surface area (TPSA) is 63.6 Å². The highest BCUT2D eigenvalue weighted by atomic mass is 16.6. The average Bonchev–Trinajstić information content (AvgIpc) is 2.27. The predicted octanol–water partition coefficient (Wildman–Crippen LogP) is 2.66. The largest absolute Gasteiger partial charge is 0.480 e. The average molecular weight is 264 g/mol. The monoisotopic (exact) mass is 264 g/mol. The van der Waals surface area contributed by atoms with Crippen molar-refractivity contribution in [1.29, 1.82) is 0 Å². The van der Waals surface area contributed by atoms with E-state index in [1.54, 1.807) is 32.9 Å². The lowest BCUT2D eigenvalue weighted by atomic mass is 9.83. The van der Waals surface area contributed by atoms with Crippen LogP contribution in [0.1, 0.15) is 33.3 Å². The highest BCUT2D eigenvalue weighted by Crippen LogP contribution is 2.27. The Bertz CT molecular complexity index is 459. The number of esters is 1. The Balaban J connectivity index is 2.98. The second-order valence-electron chi connectivity index (χ2n) is 5.80. The number of carboxylic acid groups (broad SMARTS) is 1. The van der Waals surface area contributed by atoms with Crippen LogP contribution in [0.4, 0.5) is 0 Å². The number of hydrogen-bond acceptors (Lipinski definition) is 3. The SMILES string of the molecule is CC(C)(C)OC(=O)C(C)(Cc1ccccc1)C(=O)O. The van der Waals surface area contributed by atoms with E-state index in [4.69, 9.17) is 4.74 Å². The van der Waals surface area contributed by atoms with Crippen LogP contribution in [0.3, 0.4) is 0 Å². The van der Waals surface area contributed by atoms with Gasteiger partial charge in [0.05, 0.1) is 0 Å². The number of benzene rings is 1. The van der Waals surface area contributed by atoms with Crippen molar-refractivity contribution < 1.29 is 19.4 Å². The molecule has 0 radical (unpaired) electrons. The summed E-state index contributed by atoms with van der Waals surface area (Å²) in [7, 11) is 0. The van der Waals surface area contributed by atoms with Crippen LogP contribution in [0.15, 0.2) is 30.3 Å². The van der Waals surface area contributed by atoms with Crippen LogP contribution < -0.4 is 0 Å². The Morgan fingerprint density at radius 1 is 1.11 bits per heavy atom. The van der Waals surface area contributed by atoms with Gasteiger partial charge in [0.15, 0.2) is 5.41 Å². The fraction of sp³-hybridized carbons (Fsp3) is 0.467. The Morgan fingerprint density at radius 3 is 2.05 bits per heavy atom. The zero-order valence-electron chi connectivity index (χ0n) is 11.8. The van der Waals surface area contributed by atoms with Crippen LogP contribution in [0.2, 0.25) is 0 Å². The summed E-state index contributed by atoms with van der Waals surface area (Å²) in [6.07, 6.45) is 0.109. The molecule has 4 heteroatoms. The molecule has 0 saturated carbocycles. The van der Waals surface area contributed by atoms with Crippen molar-refractivity contribution in [2.24, 2.45) is 5.41 Å². The van der Waals surface area contributed by atoms with Crippen LogP contribution in [0.5, 0.6) is 0 Å². The van der Waals surface area contributed by atoms with E-state index in [-0.39, 0.29) is 6.42 Å². The molecule has 1 N–H and O–H groups in total. The number of carbonyl (C=O) groups excluding carboxylic acids is 1. The van der Waals surface area contributed by atoms with Gasteiger partial charge in [0.1, 0.15) is 5.60 Å². The molecular formula is C15H20O4. The van der Waals surface area contributed by atoms with Crippen LogP contribution >= 0.6 is 0 Å². The first-order valence-electron chi connectivity index (χ1n) is 6.16. The van der Waals surface area contributed by atoms with E-state index in [2.05, 4.69) is 0 Å². The molecule has 0 aliphatic carbocycles. The molecule has 1 atom stereocenters. The third-order valence-corrected chi connectivity index (χ3v) is 2.72. The number of aliphatic carboxylic acids is 1. The number of rotatable bonds is 4. The minimum atomic E-state index is -1.57. The van der Waals surface area contributed by atoms with Gasteiger partial charge in [0, 0.05) is 0 Å². The summed E-state index contributed by atoms with van der Waals surface area (Å²) in [4.78, 5) is 23.6. The lowest BCUT2D eigenvalue weighted by Gasteiger charge is -2.28.